The first-order valence-corrected chi connectivity index (χ1v) is 6.55. The zero-order valence-corrected chi connectivity index (χ0v) is 11.2. The Labute approximate surface area is 99.3 Å². The van der Waals surface area contributed by atoms with Gasteiger partial charge in [-0.3, -0.25) is 4.98 Å². The van der Waals surface area contributed by atoms with E-state index in [-0.39, 0.29) is 0 Å². The maximum Gasteiger partial charge on any atom is 0.0475 e. The Balaban J connectivity index is 0.000000457. The van der Waals surface area contributed by atoms with Crippen molar-refractivity contribution in [1.29, 1.82) is 0 Å². The molecule has 0 aliphatic heterocycles. The summed E-state index contributed by atoms with van der Waals surface area (Å²) in [6, 6.07) is 4.43. The Morgan fingerprint density at radius 2 is 1.94 bits per heavy atom. The molecule has 1 aromatic heterocycles. The Bertz CT molecular complexity index is 392. The topological polar surface area (TPSA) is 12.9 Å². The third kappa shape index (κ3) is 1.49. The molecule has 0 saturated heterocycles. The van der Waals surface area contributed by atoms with Crippen LogP contribution in [0.15, 0.2) is 12.1 Å². The molecule has 1 nitrogen and oxygen atoms in total. The molecular formula is C15H23N. The molecule has 3 aliphatic carbocycles. The predicted octanol–water partition coefficient (Wildman–Crippen LogP) is 4.10. The molecule has 1 saturated carbocycles. The molecule has 2 atom stereocenters. The summed E-state index contributed by atoms with van der Waals surface area (Å²) in [5.41, 5.74) is 4.59. The van der Waals surface area contributed by atoms with Crippen molar-refractivity contribution in [2.24, 2.45) is 11.3 Å². The lowest BCUT2D eigenvalue weighted by molar-refractivity contribution is 0.0154. The lowest BCUT2D eigenvalue weighted by Crippen LogP contribution is -2.48. The second-order valence-electron chi connectivity index (χ2n) is 5.51. The van der Waals surface area contributed by atoms with E-state index < -0.39 is 0 Å². The van der Waals surface area contributed by atoms with Crippen molar-refractivity contribution in [2.75, 3.05) is 0 Å². The zero-order chi connectivity index (χ0) is 11.9. The fourth-order valence-electron chi connectivity index (χ4n) is 3.17. The van der Waals surface area contributed by atoms with Gasteiger partial charge in [-0.25, -0.2) is 0 Å². The standard InChI is InChI=1S/C13H17N.C2H6/c1-8-4-5-9-6-10-7-11(12(9)14-8)13(10,2)3;1-2/h4-5,10-11H,6-7H2,1-3H3;1-2H3. The van der Waals surface area contributed by atoms with Gasteiger partial charge in [0.15, 0.2) is 0 Å². The van der Waals surface area contributed by atoms with Gasteiger partial charge in [-0.2, -0.15) is 0 Å². The number of hydrogen-bond donors (Lipinski definition) is 0. The monoisotopic (exact) mass is 217 g/mol. The molecule has 0 aromatic carbocycles. The number of rotatable bonds is 0. The van der Waals surface area contributed by atoms with E-state index in [0.717, 1.165) is 11.8 Å². The minimum Gasteiger partial charge on any atom is -0.258 e. The molecule has 16 heavy (non-hydrogen) atoms. The molecule has 1 fully saturated rings. The Hall–Kier alpha value is -0.850. The highest BCUT2D eigenvalue weighted by molar-refractivity contribution is 5.35. The fourth-order valence-corrected chi connectivity index (χ4v) is 3.17. The summed E-state index contributed by atoms with van der Waals surface area (Å²) in [4.78, 5) is 4.73. The van der Waals surface area contributed by atoms with Crippen molar-refractivity contribution < 1.29 is 0 Å². The van der Waals surface area contributed by atoms with Crippen LogP contribution in [0.25, 0.3) is 0 Å². The number of pyridine rings is 1. The smallest absolute Gasteiger partial charge is 0.0475 e. The summed E-state index contributed by atoms with van der Waals surface area (Å²) in [5, 5.41) is 0. The van der Waals surface area contributed by atoms with Crippen molar-refractivity contribution in [3.63, 3.8) is 0 Å². The van der Waals surface area contributed by atoms with Crippen LogP contribution in [0.3, 0.4) is 0 Å². The molecule has 2 bridgehead atoms. The van der Waals surface area contributed by atoms with Crippen LogP contribution in [0.4, 0.5) is 0 Å². The average molecular weight is 217 g/mol. The van der Waals surface area contributed by atoms with E-state index in [0.29, 0.717) is 5.41 Å². The molecular weight excluding hydrogens is 194 g/mol. The largest absolute Gasteiger partial charge is 0.258 e. The van der Waals surface area contributed by atoms with Crippen molar-refractivity contribution >= 4 is 0 Å². The van der Waals surface area contributed by atoms with E-state index in [1.54, 1.807) is 0 Å². The molecule has 1 aromatic rings. The van der Waals surface area contributed by atoms with Crippen LogP contribution in [0.2, 0.25) is 0 Å². The minimum atomic E-state index is 0.508. The van der Waals surface area contributed by atoms with E-state index in [4.69, 9.17) is 4.98 Å². The van der Waals surface area contributed by atoms with Crippen LogP contribution in [-0.2, 0) is 6.42 Å². The lowest BCUT2D eigenvalue weighted by Gasteiger charge is -2.56. The normalized spacial score (nSPS) is 28.3. The minimum absolute atomic E-state index is 0.508. The van der Waals surface area contributed by atoms with E-state index in [1.807, 2.05) is 13.8 Å². The molecule has 88 valence electrons. The molecule has 4 rings (SSSR count). The molecule has 0 radical (unpaired) electrons. The highest BCUT2D eigenvalue weighted by Gasteiger charge is 2.53. The lowest BCUT2D eigenvalue weighted by atomic mass is 9.48. The molecule has 2 unspecified atom stereocenters. The summed E-state index contributed by atoms with van der Waals surface area (Å²) in [6.07, 6.45) is 2.63. The highest BCUT2D eigenvalue weighted by atomic mass is 14.8. The second kappa shape index (κ2) is 3.87. The Morgan fingerprint density at radius 1 is 1.25 bits per heavy atom. The summed E-state index contributed by atoms with van der Waals surface area (Å²) >= 11 is 0. The molecule has 0 N–H and O–H groups in total. The first kappa shape index (κ1) is 11.6. The summed E-state index contributed by atoms with van der Waals surface area (Å²) in [5.74, 6) is 1.64. The third-order valence-corrected chi connectivity index (χ3v) is 4.42. The number of hydrogen-bond acceptors (Lipinski definition) is 1. The third-order valence-electron chi connectivity index (χ3n) is 4.42. The molecule has 0 spiro atoms. The van der Waals surface area contributed by atoms with Crippen molar-refractivity contribution in [3.05, 3.63) is 29.1 Å². The van der Waals surface area contributed by atoms with Crippen LogP contribution in [0.5, 0.6) is 0 Å². The van der Waals surface area contributed by atoms with Crippen LogP contribution < -0.4 is 0 Å². The van der Waals surface area contributed by atoms with E-state index >= 15 is 0 Å². The van der Waals surface area contributed by atoms with Gasteiger partial charge < -0.3 is 0 Å². The molecule has 1 heteroatoms. The van der Waals surface area contributed by atoms with Gasteiger partial charge in [0.25, 0.3) is 0 Å². The zero-order valence-electron chi connectivity index (χ0n) is 11.2. The van der Waals surface area contributed by atoms with Gasteiger partial charge in [-0.15, -0.1) is 0 Å². The quantitative estimate of drug-likeness (QED) is 0.637. The first-order valence-electron chi connectivity index (χ1n) is 6.55. The van der Waals surface area contributed by atoms with Gasteiger partial charge in [0.05, 0.1) is 0 Å². The van der Waals surface area contributed by atoms with Gasteiger partial charge in [0.1, 0.15) is 0 Å². The number of aryl methyl sites for hydroxylation is 1. The Kier molecular flexibility index (Phi) is 2.81. The van der Waals surface area contributed by atoms with Crippen LogP contribution >= 0.6 is 0 Å². The van der Waals surface area contributed by atoms with E-state index in [9.17, 15) is 0 Å². The van der Waals surface area contributed by atoms with Gasteiger partial charge >= 0.3 is 0 Å². The summed E-state index contributed by atoms with van der Waals surface area (Å²) in [6.45, 7) is 10.9. The molecule has 0 amide bonds. The Morgan fingerprint density at radius 3 is 2.56 bits per heavy atom. The number of nitrogens with zero attached hydrogens (tertiary/aromatic N) is 1. The predicted molar refractivity (Wildman–Crippen MR) is 68.7 cm³/mol. The SMILES string of the molecule is CC.Cc1ccc2c(n1)C1CC(C2)C1(C)C. The van der Waals surface area contributed by atoms with Gasteiger partial charge in [-0.1, -0.05) is 33.8 Å². The van der Waals surface area contributed by atoms with Gasteiger partial charge in [-0.05, 0) is 42.7 Å². The highest BCUT2D eigenvalue weighted by Crippen LogP contribution is 2.61. The van der Waals surface area contributed by atoms with Crippen molar-refractivity contribution in [2.45, 2.75) is 53.4 Å². The summed E-state index contributed by atoms with van der Waals surface area (Å²) in [7, 11) is 0. The maximum absolute atomic E-state index is 4.73. The van der Waals surface area contributed by atoms with Gasteiger partial charge in [0, 0.05) is 17.3 Å². The maximum atomic E-state index is 4.73. The van der Waals surface area contributed by atoms with Crippen molar-refractivity contribution in [3.8, 4) is 0 Å². The van der Waals surface area contributed by atoms with Crippen LogP contribution in [0, 0.1) is 18.3 Å². The molecule has 3 aliphatic rings. The first-order chi connectivity index (χ1) is 7.59. The van der Waals surface area contributed by atoms with E-state index in [1.165, 1.54) is 29.8 Å². The van der Waals surface area contributed by atoms with E-state index in [2.05, 4.69) is 32.9 Å². The van der Waals surface area contributed by atoms with Gasteiger partial charge in [0.2, 0.25) is 0 Å². The van der Waals surface area contributed by atoms with Crippen LogP contribution in [0.1, 0.15) is 57.0 Å². The number of aromatic nitrogens is 1. The fraction of sp³-hybridized carbons (Fsp3) is 0.667. The summed E-state index contributed by atoms with van der Waals surface area (Å²) < 4.78 is 0. The van der Waals surface area contributed by atoms with Crippen molar-refractivity contribution in [1.82, 2.24) is 4.98 Å². The van der Waals surface area contributed by atoms with Crippen LogP contribution in [-0.4, -0.2) is 4.98 Å². The second-order valence-corrected chi connectivity index (χ2v) is 5.51. The molecule has 1 heterocycles. The average Bonchev–Trinajstić information content (AvgIpc) is 2.30.